The summed E-state index contributed by atoms with van der Waals surface area (Å²) in [7, 11) is 0. The molecule has 0 aliphatic heterocycles. The molecule has 0 aliphatic carbocycles. The first-order chi connectivity index (χ1) is 17.8. The molecule has 0 unspecified atom stereocenters. The van der Waals surface area contributed by atoms with Crippen LogP contribution in [0.5, 0.6) is 34.5 Å². The summed E-state index contributed by atoms with van der Waals surface area (Å²) in [4.78, 5) is 0. The zero-order valence-electron chi connectivity index (χ0n) is 18.4. The molecule has 0 heterocycles. The molecule has 0 spiro atoms. The van der Waals surface area contributed by atoms with Gasteiger partial charge in [0.1, 0.15) is 23.0 Å². The molecule has 4 aromatic rings. The maximum Gasteiger partial charge on any atom is 0.205 e. The summed E-state index contributed by atoms with van der Waals surface area (Å²) < 4.78 is 127. The van der Waals surface area contributed by atoms with Gasteiger partial charge in [-0.1, -0.05) is 0 Å². The third-order valence-corrected chi connectivity index (χ3v) is 5.14. The van der Waals surface area contributed by atoms with Crippen molar-refractivity contribution >= 4 is 11.4 Å². The van der Waals surface area contributed by atoms with Crippen LogP contribution in [0.2, 0.25) is 0 Å². The summed E-state index contributed by atoms with van der Waals surface area (Å²) in [5.41, 5.74) is 6.11. The monoisotopic (exact) mass is 544 g/mol. The first kappa shape index (κ1) is 26.2. The molecule has 0 fully saturated rings. The topological polar surface area (TPSA) is 111 Å². The van der Waals surface area contributed by atoms with E-state index in [0.29, 0.717) is 0 Å². The van der Waals surface area contributed by atoms with Gasteiger partial charge in [0.2, 0.25) is 34.8 Å². The van der Waals surface area contributed by atoms with E-state index in [0.717, 1.165) is 36.4 Å². The maximum absolute atomic E-state index is 14.8. The summed E-state index contributed by atoms with van der Waals surface area (Å²) in [5, 5.41) is 19.1. The molecule has 0 atom stereocenters. The second-order valence-electron chi connectivity index (χ2n) is 7.57. The van der Waals surface area contributed by atoms with Crippen molar-refractivity contribution in [1.82, 2.24) is 0 Å². The fourth-order valence-electron chi connectivity index (χ4n) is 3.25. The Labute approximate surface area is 206 Å². The smallest absolute Gasteiger partial charge is 0.205 e. The molecule has 14 heteroatoms. The van der Waals surface area contributed by atoms with E-state index < -0.39 is 92.2 Å². The van der Waals surface area contributed by atoms with E-state index >= 15 is 0 Å². The van der Waals surface area contributed by atoms with Gasteiger partial charge in [0.25, 0.3) is 0 Å². The Bertz CT molecular complexity index is 1440. The highest BCUT2D eigenvalue weighted by Gasteiger charge is 2.35. The van der Waals surface area contributed by atoms with Crippen LogP contribution in [-0.4, -0.2) is 10.2 Å². The Morgan fingerprint density at radius 1 is 0.474 bits per heavy atom. The fraction of sp³-hybridized carbons (Fsp3) is 0. The van der Waals surface area contributed by atoms with Gasteiger partial charge in [0, 0.05) is 12.1 Å². The normalized spacial score (nSPS) is 11.1. The zero-order valence-corrected chi connectivity index (χ0v) is 18.4. The number of anilines is 2. The molecule has 0 saturated carbocycles. The summed E-state index contributed by atoms with van der Waals surface area (Å²) >= 11 is 0. The fourth-order valence-corrected chi connectivity index (χ4v) is 3.25. The molecule has 4 rings (SSSR count). The average molecular weight is 544 g/mol. The molecule has 0 aromatic heterocycles. The quantitative estimate of drug-likeness (QED) is 0.0972. The molecule has 6 N–H and O–H groups in total. The first-order valence-electron chi connectivity index (χ1n) is 10.1. The lowest BCUT2D eigenvalue weighted by Gasteiger charge is -2.16. The van der Waals surface area contributed by atoms with E-state index in [1.165, 1.54) is 0 Å². The van der Waals surface area contributed by atoms with E-state index in [4.69, 9.17) is 20.9 Å². The number of phenolic OH excluding ortho intramolecular Hbond substituents is 2. The number of nitrogen functional groups attached to an aromatic ring is 2. The van der Waals surface area contributed by atoms with E-state index in [1.54, 1.807) is 0 Å². The Hall–Kier alpha value is -4.88. The number of ether oxygens (including phenoxy) is 2. The van der Waals surface area contributed by atoms with Crippen molar-refractivity contribution in [3.05, 3.63) is 82.9 Å². The van der Waals surface area contributed by atoms with Gasteiger partial charge in [0.05, 0.1) is 22.5 Å². The lowest BCUT2D eigenvalue weighted by molar-refractivity contribution is 0.359. The SMILES string of the molecule is Nc1ccc(Oc2c(F)c(F)c(-c3c(F)c(F)c(Oc4ccc(N)c(O)c4)c(F)c3F)c(F)c2F)cc1O. The summed E-state index contributed by atoms with van der Waals surface area (Å²) in [6.07, 6.45) is 0. The third kappa shape index (κ3) is 4.29. The van der Waals surface area contributed by atoms with Crippen molar-refractivity contribution in [2.75, 3.05) is 11.5 Å². The van der Waals surface area contributed by atoms with Gasteiger partial charge < -0.3 is 31.2 Å². The predicted octanol–water partition coefficient (Wildman–Crippen LogP) is 6.63. The molecule has 0 radical (unpaired) electrons. The van der Waals surface area contributed by atoms with Crippen LogP contribution in [0.15, 0.2) is 36.4 Å². The van der Waals surface area contributed by atoms with Crippen LogP contribution >= 0.6 is 0 Å². The molecular weight excluding hydrogens is 532 g/mol. The number of hydrogen-bond acceptors (Lipinski definition) is 6. The van der Waals surface area contributed by atoms with Gasteiger partial charge >= 0.3 is 0 Å². The average Bonchev–Trinajstić information content (AvgIpc) is 2.88. The zero-order chi connectivity index (χ0) is 28.0. The van der Waals surface area contributed by atoms with Gasteiger partial charge in [0.15, 0.2) is 23.3 Å². The molecule has 0 saturated heterocycles. The molecule has 6 nitrogen and oxygen atoms in total. The minimum atomic E-state index is -2.47. The van der Waals surface area contributed by atoms with Crippen molar-refractivity contribution < 1.29 is 54.8 Å². The minimum Gasteiger partial charge on any atom is -0.506 e. The Morgan fingerprint density at radius 3 is 1.03 bits per heavy atom. The van der Waals surface area contributed by atoms with Crippen molar-refractivity contribution in [3.8, 4) is 45.6 Å². The van der Waals surface area contributed by atoms with E-state index in [2.05, 4.69) is 0 Å². The number of halogens is 8. The van der Waals surface area contributed by atoms with Gasteiger partial charge in [-0.25, -0.2) is 17.6 Å². The van der Waals surface area contributed by atoms with Crippen LogP contribution < -0.4 is 20.9 Å². The summed E-state index contributed by atoms with van der Waals surface area (Å²) in [6, 6.07) is 5.44. The van der Waals surface area contributed by atoms with Gasteiger partial charge in [-0.05, 0) is 24.3 Å². The Morgan fingerprint density at radius 2 is 0.763 bits per heavy atom. The first-order valence-corrected chi connectivity index (χ1v) is 10.1. The number of benzene rings is 4. The van der Waals surface area contributed by atoms with E-state index in [-0.39, 0.29) is 11.4 Å². The van der Waals surface area contributed by atoms with Crippen LogP contribution in [-0.2, 0) is 0 Å². The number of hydrogen-bond donors (Lipinski definition) is 4. The van der Waals surface area contributed by atoms with E-state index in [9.17, 15) is 45.3 Å². The number of phenols is 2. The maximum atomic E-state index is 14.8. The number of rotatable bonds is 5. The lowest BCUT2D eigenvalue weighted by atomic mass is 10.0. The Balaban J connectivity index is 1.85. The molecule has 198 valence electrons. The van der Waals surface area contributed by atoms with Crippen LogP contribution in [0.3, 0.4) is 0 Å². The molecule has 4 aromatic carbocycles. The number of aromatic hydroxyl groups is 2. The minimum absolute atomic E-state index is 0.179. The lowest BCUT2D eigenvalue weighted by Crippen LogP contribution is -2.09. The molecule has 38 heavy (non-hydrogen) atoms. The second-order valence-corrected chi connectivity index (χ2v) is 7.57. The highest BCUT2D eigenvalue weighted by Crippen LogP contribution is 2.44. The predicted molar refractivity (Wildman–Crippen MR) is 117 cm³/mol. The van der Waals surface area contributed by atoms with Crippen LogP contribution in [0.1, 0.15) is 0 Å². The van der Waals surface area contributed by atoms with Crippen LogP contribution in [0, 0.1) is 46.5 Å². The van der Waals surface area contributed by atoms with Gasteiger partial charge in [-0.2, -0.15) is 17.6 Å². The highest BCUT2D eigenvalue weighted by atomic mass is 19.2. The second kappa shape index (κ2) is 9.53. The highest BCUT2D eigenvalue weighted by molar-refractivity contribution is 5.70. The van der Waals surface area contributed by atoms with Gasteiger partial charge in [-0.15, -0.1) is 0 Å². The van der Waals surface area contributed by atoms with Crippen molar-refractivity contribution in [2.24, 2.45) is 0 Å². The standard InChI is InChI=1S/C24H12F8N2O4/c25-15-13(16(26)20(30)23(19(15)29)37-7-1-3-9(33)11(35)5-7)14-17(27)21(31)24(22(32)18(14)28)38-8-2-4-10(34)12(36)6-8/h1-6,35-36H,33-34H2. The summed E-state index contributed by atoms with van der Waals surface area (Å²) in [6.45, 7) is 0. The van der Waals surface area contributed by atoms with Crippen molar-refractivity contribution in [2.45, 2.75) is 0 Å². The van der Waals surface area contributed by atoms with Crippen molar-refractivity contribution in [3.63, 3.8) is 0 Å². The molecule has 0 bridgehead atoms. The van der Waals surface area contributed by atoms with Crippen molar-refractivity contribution in [1.29, 1.82) is 0 Å². The largest absolute Gasteiger partial charge is 0.506 e. The van der Waals surface area contributed by atoms with Gasteiger partial charge in [-0.3, -0.25) is 0 Å². The van der Waals surface area contributed by atoms with Crippen LogP contribution in [0.25, 0.3) is 11.1 Å². The third-order valence-electron chi connectivity index (χ3n) is 5.14. The number of nitrogens with two attached hydrogens (primary N) is 2. The van der Waals surface area contributed by atoms with E-state index in [1.807, 2.05) is 0 Å². The molecule has 0 aliphatic rings. The molecular formula is C24H12F8N2O4. The Kier molecular flexibility index (Phi) is 6.57. The van der Waals surface area contributed by atoms with Crippen LogP contribution in [0.4, 0.5) is 46.5 Å². The molecule has 0 amide bonds. The summed E-state index contributed by atoms with van der Waals surface area (Å²) in [5.74, 6) is -25.0.